The molecule has 32 heavy (non-hydrogen) atoms. The quantitative estimate of drug-likeness (QED) is 0.692. The number of nitrogens with zero attached hydrogens (tertiary/aromatic N) is 2. The third-order valence-corrected chi connectivity index (χ3v) is 7.59. The predicted octanol–water partition coefficient (Wildman–Crippen LogP) is 4.25. The van der Waals surface area contributed by atoms with E-state index in [0.717, 1.165) is 55.4 Å². The van der Waals surface area contributed by atoms with Crippen molar-refractivity contribution in [3.63, 3.8) is 0 Å². The number of fused-ring (bicyclic) bond motifs is 2. The van der Waals surface area contributed by atoms with E-state index in [4.69, 9.17) is 0 Å². The minimum Gasteiger partial charge on any atom is -0.349 e. The smallest absolute Gasteiger partial charge is 0.349 e. The molecule has 2 aromatic heterocycles. The van der Waals surface area contributed by atoms with Crippen molar-refractivity contribution < 1.29 is 22.8 Å². The van der Waals surface area contributed by atoms with Gasteiger partial charge in [-0.3, -0.25) is 14.3 Å². The number of carbonyl (C=O) groups is 2. The molecular formula is C22H25F3N4O2S. The topological polar surface area (TPSA) is 76.0 Å². The van der Waals surface area contributed by atoms with Gasteiger partial charge in [0, 0.05) is 22.2 Å². The SMILES string of the molecule is O=C(Cn1nc(C(F)(F)F)c2c1CCCC2)Nc1sc2c(c1C(=O)NC1CC1)CCCC2. The van der Waals surface area contributed by atoms with E-state index in [2.05, 4.69) is 15.7 Å². The van der Waals surface area contributed by atoms with E-state index in [1.807, 2.05) is 0 Å². The third-order valence-electron chi connectivity index (χ3n) is 6.38. The predicted molar refractivity (Wildman–Crippen MR) is 114 cm³/mol. The van der Waals surface area contributed by atoms with Gasteiger partial charge in [-0.2, -0.15) is 18.3 Å². The van der Waals surface area contributed by atoms with Gasteiger partial charge in [0.1, 0.15) is 11.5 Å². The maximum Gasteiger partial charge on any atom is 0.435 e. The number of thiophene rings is 1. The summed E-state index contributed by atoms with van der Waals surface area (Å²) in [6.07, 6.45) is 3.39. The van der Waals surface area contributed by atoms with E-state index >= 15 is 0 Å². The number of rotatable bonds is 5. The monoisotopic (exact) mass is 466 g/mol. The van der Waals surface area contributed by atoms with Gasteiger partial charge in [0.05, 0.1) is 5.56 Å². The Balaban J connectivity index is 1.40. The number of amides is 2. The first kappa shape index (κ1) is 21.5. The maximum atomic E-state index is 13.4. The van der Waals surface area contributed by atoms with Gasteiger partial charge < -0.3 is 10.6 Å². The number of alkyl halides is 3. The van der Waals surface area contributed by atoms with Crippen LogP contribution in [0.2, 0.25) is 0 Å². The largest absolute Gasteiger partial charge is 0.435 e. The molecule has 0 bridgehead atoms. The highest BCUT2D eigenvalue weighted by molar-refractivity contribution is 7.17. The van der Waals surface area contributed by atoms with Crippen LogP contribution in [0.3, 0.4) is 0 Å². The summed E-state index contributed by atoms with van der Waals surface area (Å²) in [5, 5.41) is 10.1. The molecule has 0 aromatic carbocycles. The van der Waals surface area contributed by atoms with Gasteiger partial charge in [-0.1, -0.05) is 0 Å². The summed E-state index contributed by atoms with van der Waals surface area (Å²) >= 11 is 1.41. The molecule has 0 spiro atoms. The van der Waals surface area contributed by atoms with Gasteiger partial charge in [-0.15, -0.1) is 11.3 Å². The number of nitrogens with one attached hydrogen (secondary N) is 2. The average molecular weight is 467 g/mol. The molecule has 0 aliphatic heterocycles. The average Bonchev–Trinajstić information content (AvgIpc) is 3.36. The molecule has 1 fully saturated rings. The highest BCUT2D eigenvalue weighted by Gasteiger charge is 2.40. The van der Waals surface area contributed by atoms with Crippen LogP contribution < -0.4 is 10.6 Å². The van der Waals surface area contributed by atoms with Crippen LogP contribution in [0.4, 0.5) is 18.2 Å². The van der Waals surface area contributed by atoms with Crippen molar-refractivity contribution in [2.45, 2.75) is 83.0 Å². The van der Waals surface area contributed by atoms with E-state index in [1.54, 1.807) is 0 Å². The molecule has 6 nitrogen and oxygen atoms in total. The normalized spacial score (nSPS) is 18.1. The van der Waals surface area contributed by atoms with Crippen LogP contribution in [0.1, 0.15) is 76.3 Å². The van der Waals surface area contributed by atoms with Crippen LogP contribution in [0.5, 0.6) is 0 Å². The van der Waals surface area contributed by atoms with Crippen molar-refractivity contribution in [3.05, 3.63) is 33.0 Å². The highest BCUT2D eigenvalue weighted by Crippen LogP contribution is 2.39. The fraction of sp³-hybridized carbons (Fsp3) is 0.591. The number of anilines is 1. The number of halogens is 3. The number of carbonyl (C=O) groups excluding carboxylic acids is 2. The number of hydrogen-bond donors (Lipinski definition) is 2. The summed E-state index contributed by atoms with van der Waals surface area (Å²) in [6.45, 7) is -0.301. The summed E-state index contributed by atoms with van der Waals surface area (Å²) in [6, 6.07) is 0.196. The Morgan fingerprint density at radius 3 is 2.44 bits per heavy atom. The second-order valence-electron chi connectivity index (χ2n) is 8.85. The molecule has 2 amide bonds. The molecule has 2 heterocycles. The Morgan fingerprint density at radius 1 is 1.03 bits per heavy atom. The summed E-state index contributed by atoms with van der Waals surface area (Å²) in [4.78, 5) is 26.9. The lowest BCUT2D eigenvalue weighted by molar-refractivity contribution is -0.142. The number of aromatic nitrogens is 2. The molecule has 2 N–H and O–H groups in total. The van der Waals surface area contributed by atoms with Gasteiger partial charge in [-0.05, 0) is 69.8 Å². The second kappa shape index (κ2) is 8.20. The molecule has 10 heteroatoms. The summed E-state index contributed by atoms with van der Waals surface area (Å²) in [5.74, 6) is -0.633. The molecule has 0 atom stereocenters. The summed E-state index contributed by atoms with van der Waals surface area (Å²) in [5.41, 5.74) is 1.37. The Bertz CT molecular complexity index is 1070. The highest BCUT2D eigenvalue weighted by atomic mass is 32.1. The molecule has 0 unspecified atom stereocenters. The minimum absolute atomic E-state index is 0.168. The van der Waals surface area contributed by atoms with Crippen LogP contribution >= 0.6 is 11.3 Å². The lowest BCUT2D eigenvalue weighted by Crippen LogP contribution is -2.28. The van der Waals surface area contributed by atoms with Crippen molar-refractivity contribution in [1.29, 1.82) is 0 Å². The van der Waals surface area contributed by atoms with Crippen LogP contribution in [0.25, 0.3) is 0 Å². The van der Waals surface area contributed by atoms with Crippen molar-refractivity contribution in [1.82, 2.24) is 15.1 Å². The van der Waals surface area contributed by atoms with Gasteiger partial charge in [-0.25, -0.2) is 0 Å². The van der Waals surface area contributed by atoms with Crippen molar-refractivity contribution in [2.24, 2.45) is 0 Å². The van der Waals surface area contributed by atoms with Crippen LogP contribution in [-0.4, -0.2) is 27.6 Å². The molecule has 2 aromatic rings. The zero-order valence-electron chi connectivity index (χ0n) is 17.6. The third kappa shape index (κ3) is 4.16. The van der Waals surface area contributed by atoms with Gasteiger partial charge in [0.25, 0.3) is 5.91 Å². The van der Waals surface area contributed by atoms with Crippen LogP contribution in [-0.2, 0) is 43.2 Å². The Hall–Kier alpha value is -2.36. The Morgan fingerprint density at radius 2 is 1.72 bits per heavy atom. The minimum atomic E-state index is -4.54. The summed E-state index contributed by atoms with van der Waals surface area (Å²) in [7, 11) is 0. The number of hydrogen-bond acceptors (Lipinski definition) is 4. The molecule has 3 aliphatic carbocycles. The lowest BCUT2D eigenvalue weighted by Gasteiger charge is -2.15. The molecule has 3 aliphatic rings. The van der Waals surface area contributed by atoms with E-state index < -0.39 is 17.8 Å². The summed E-state index contributed by atoms with van der Waals surface area (Å²) < 4.78 is 41.5. The van der Waals surface area contributed by atoms with E-state index in [9.17, 15) is 22.8 Å². The van der Waals surface area contributed by atoms with Crippen LogP contribution in [0.15, 0.2) is 0 Å². The second-order valence-corrected chi connectivity index (χ2v) is 9.95. The Kier molecular flexibility index (Phi) is 5.51. The van der Waals surface area contributed by atoms with E-state index in [0.29, 0.717) is 35.5 Å². The van der Waals surface area contributed by atoms with E-state index in [1.165, 1.54) is 16.0 Å². The maximum absolute atomic E-state index is 13.4. The first-order valence-corrected chi connectivity index (χ1v) is 12.0. The first-order chi connectivity index (χ1) is 15.3. The van der Waals surface area contributed by atoms with Crippen molar-refractivity contribution in [3.8, 4) is 0 Å². The number of aryl methyl sites for hydroxylation is 1. The van der Waals surface area contributed by atoms with Crippen LogP contribution in [0, 0.1) is 0 Å². The fourth-order valence-electron chi connectivity index (χ4n) is 4.71. The van der Waals surface area contributed by atoms with Gasteiger partial charge in [0.15, 0.2) is 5.69 Å². The first-order valence-electron chi connectivity index (χ1n) is 11.2. The van der Waals surface area contributed by atoms with Gasteiger partial charge in [0.2, 0.25) is 5.91 Å². The molecule has 172 valence electrons. The van der Waals surface area contributed by atoms with E-state index in [-0.39, 0.29) is 24.1 Å². The van der Waals surface area contributed by atoms with Crippen molar-refractivity contribution >= 4 is 28.2 Å². The molecule has 0 saturated heterocycles. The molecule has 5 rings (SSSR count). The molecule has 0 radical (unpaired) electrons. The zero-order chi connectivity index (χ0) is 22.5. The van der Waals surface area contributed by atoms with Crippen molar-refractivity contribution in [2.75, 3.05) is 5.32 Å². The Labute approximate surface area is 187 Å². The molecular weight excluding hydrogens is 441 g/mol. The lowest BCUT2D eigenvalue weighted by atomic mass is 9.95. The standard InChI is InChI=1S/C22H25F3N4O2S/c23-22(24,25)19-13-5-1-3-7-15(13)29(28-19)11-17(30)27-21-18(20(31)26-12-9-10-12)14-6-2-4-8-16(14)32-21/h12H,1-11H2,(H,26,31)(H,27,30). The molecule has 1 saturated carbocycles. The zero-order valence-corrected chi connectivity index (χ0v) is 18.4. The van der Waals surface area contributed by atoms with Gasteiger partial charge >= 0.3 is 6.18 Å². The fourth-order valence-corrected chi connectivity index (χ4v) is 6.01.